The van der Waals surface area contributed by atoms with Gasteiger partial charge in [-0.25, -0.2) is 10.2 Å². The Hall–Kier alpha value is -2.27. The molecular weight excluding hydrogens is 580 g/mol. The zero-order valence-corrected chi connectivity index (χ0v) is 24.2. The van der Waals surface area contributed by atoms with E-state index in [9.17, 15) is 30.0 Å². The lowest BCUT2D eigenvalue weighted by Crippen LogP contribution is -2.68. The summed E-state index contributed by atoms with van der Waals surface area (Å²) in [5.74, 6) is -1.22. The van der Waals surface area contributed by atoms with E-state index in [2.05, 4.69) is 33.4 Å². The van der Waals surface area contributed by atoms with E-state index in [1.165, 1.54) is 12.1 Å². The molecule has 40 heavy (non-hydrogen) atoms. The molecule has 6 rings (SSSR count). The van der Waals surface area contributed by atoms with Crippen molar-refractivity contribution in [3.8, 4) is 5.75 Å². The number of hydrogen-bond acceptors (Lipinski definition) is 8. The number of ether oxygens (including phenoxy) is 1. The number of amides is 1. The van der Waals surface area contributed by atoms with Gasteiger partial charge in [0, 0.05) is 34.0 Å². The zero-order valence-electron chi connectivity index (χ0n) is 22.6. The zero-order chi connectivity index (χ0) is 28.5. The quantitative estimate of drug-likeness (QED) is 0.197. The van der Waals surface area contributed by atoms with Crippen LogP contribution in [0.1, 0.15) is 75.1 Å². The molecule has 1 amide bonds. The van der Waals surface area contributed by atoms with E-state index < -0.39 is 34.0 Å². The second-order valence-corrected chi connectivity index (χ2v) is 13.8. The van der Waals surface area contributed by atoms with Gasteiger partial charge in [-0.05, 0) is 92.9 Å². The molecule has 1 aromatic carbocycles. The number of phenols is 1. The smallest absolute Gasteiger partial charge is 0.331 e. The van der Waals surface area contributed by atoms with Crippen molar-refractivity contribution in [3.05, 3.63) is 39.9 Å². The average molecular weight is 618 g/mol. The van der Waals surface area contributed by atoms with Crippen LogP contribution in [0, 0.1) is 28.6 Å². The number of fused-ring (bicyclic) bond motifs is 5. The molecule has 1 heterocycles. The number of aliphatic hydroxyl groups excluding tert-OH is 1. The van der Waals surface area contributed by atoms with Crippen LogP contribution in [0.4, 0.5) is 0 Å². The number of aliphatic hydroxyl groups is 3. The van der Waals surface area contributed by atoms with Gasteiger partial charge in [0.1, 0.15) is 12.4 Å². The molecule has 1 aromatic rings. The van der Waals surface area contributed by atoms with E-state index in [4.69, 9.17) is 4.74 Å². The molecule has 1 aliphatic heterocycles. The van der Waals surface area contributed by atoms with Gasteiger partial charge in [0.25, 0.3) is 5.91 Å². The number of hydrazone groups is 1. The molecule has 216 valence electrons. The summed E-state index contributed by atoms with van der Waals surface area (Å²) in [4.78, 5) is 24.7. The first-order valence-electron chi connectivity index (χ1n) is 14.3. The third-order valence-electron chi connectivity index (χ3n) is 11.3. The fraction of sp³-hybridized carbons (Fsp3) is 0.633. The first-order valence-corrected chi connectivity index (χ1v) is 15.0. The molecule has 0 unspecified atom stereocenters. The van der Waals surface area contributed by atoms with Crippen LogP contribution in [-0.4, -0.2) is 62.4 Å². The lowest BCUT2D eigenvalue weighted by atomic mass is 9.41. The van der Waals surface area contributed by atoms with Crippen LogP contribution in [0.5, 0.6) is 5.75 Å². The molecular formula is C30H37BrN2O7. The minimum atomic E-state index is -1.23. The van der Waals surface area contributed by atoms with Crippen LogP contribution in [0.3, 0.4) is 0 Å². The number of esters is 1. The summed E-state index contributed by atoms with van der Waals surface area (Å²) in [6.45, 7) is 2.42. The minimum absolute atomic E-state index is 0.0562. The van der Waals surface area contributed by atoms with Gasteiger partial charge < -0.3 is 25.2 Å². The summed E-state index contributed by atoms with van der Waals surface area (Å²) in [5, 5.41) is 49.7. The van der Waals surface area contributed by atoms with Crippen molar-refractivity contribution >= 4 is 34.0 Å². The Morgan fingerprint density at radius 3 is 2.65 bits per heavy atom. The summed E-state index contributed by atoms with van der Waals surface area (Å²) in [7, 11) is 0. The van der Waals surface area contributed by atoms with Gasteiger partial charge in [0.15, 0.2) is 0 Å². The Morgan fingerprint density at radius 1 is 1.12 bits per heavy atom. The number of hydrogen-bond donors (Lipinski definition) is 5. The van der Waals surface area contributed by atoms with Crippen LogP contribution in [0.2, 0.25) is 0 Å². The summed E-state index contributed by atoms with van der Waals surface area (Å²) in [6, 6.07) is 4.56. The third-order valence-corrected chi connectivity index (χ3v) is 11.8. The molecule has 4 saturated carbocycles. The molecule has 8 atom stereocenters. The number of rotatable bonds is 4. The van der Waals surface area contributed by atoms with Gasteiger partial charge in [-0.3, -0.25) is 4.79 Å². The molecule has 4 aliphatic carbocycles. The normalized spacial score (nSPS) is 42.5. The SMILES string of the molecule is C[C@]12CC[C@H]3[C@@H](CC[C@@]4(O)C[C@H](O)CC[C@]34/C=N\NC(=O)c3cc(Br)ccc3O)[C@]1(O)CC[C@@H]2C1=CC(=O)OC1. The minimum Gasteiger partial charge on any atom is -0.507 e. The van der Waals surface area contributed by atoms with E-state index in [1.807, 2.05) is 0 Å². The number of benzene rings is 1. The van der Waals surface area contributed by atoms with E-state index in [-0.39, 0.29) is 48.1 Å². The van der Waals surface area contributed by atoms with E-state index in [1.54, 1.807) is 18.4 Å². The lowest BCUT2D eigenvalue weighted by molar-refractivity contribution is -0.237. The number of aromatic hydroxyl groups is 1. The van der Waals surface area contributed by atoms with Crippen LogP contribution in [-0.2, 0) is 9.53 Å². The average Bonchev–Trinajstić information content (AvgIpc) is 3.45. The molecule has 4 fully saturated rings. The van der Waals surface area contributed by atoms with E-state index >= 15 is 0 Å². The highest BCUT2D eigenvalue weighted by Gasteiger charge is 2.71. The fourth-order valence-corrected chi connectivity index (χ4v) is 9.68. The Morgan fingerprint density at radius 2 is 1.90 bits per heavy atom. The van der Waals surface area contributed by atoms with Gasteiger partial charge in [0.05, 0.1) is 22.9 Å². The van der Waals surface area contributed by atoms with Crippen molar-refractivity contribution in [1.82, 2.24) is 5.43 Å². The molecule has 5 N–H and O–H groups in total. The molecule has 10 heteroatoms. The Labute approximate surface area is 241 Å². The Bertz CT molecular complexity index is 1300. The van der Waals surface area contributed by atoms with Crippen molar-refractivity contribution in [1.29, 1.82) is 0 Å². The van der Waals surface area contributed by atoms with Crippen molar-refractivity contribution in [2.45, 2.75) is 82.0 Å². The number of carbonyl (C=O) groups excluding carboxylic acids is 2. The number of carbonyl (C=O) groups is 2. The maximum absolute atomic E-state index is 12.9. The molecule has 0 spiro atoms. The highest BCUT2D eigenvalue weighted by atomic mass is 79.9. The number of halogens is 1. The lowest BCUT2D eigenvalue weighted by Gasteiger charge is -2.65. The topological polar surface area (TPSA) is 149 Å². The highest BCUT2D eigenvalue weighted by Crippen LogP contribution is 2.70. The fourth-order valence-electron chi connectivity index (χ4n) is 9.32. The predicted molar refractivity (Wildman–Crippen MR) is 149 cm³/mol. The van der Waals surface area contributed by atoms with Crippen LogP contribution < -0.4 is 5.43 Å². The van der Waals surface area contributed by atoms with Crippen molar-refractivity contribution in [3.63, 3.8) is 0 Å². The van der Waals surface area contributed by atoms with Gasteiger partial charge in [-0.1, -0.05) is 22.9 Å². The molecule has 0 radical (unpaired) electrons. The second kappa shape index (κ2) is 9.64. The monoisotopic (exact) mass is 616 g/mol. The second-order valence-electron chi connectivity index (χ2n) is 12.9. The van der Waals surface area contributed by atoms with Crippen molar-refractivity contribution in [2.75, 3.05) is 6.61 Å². The van der Waals surface area contributed by atoms with Crippen LogP contribution in [0.15, 0.2) is 39.4 Å². The number of nitrogens with zero attached hydrogens (tertiary/aromatic N) is 1. The molecule has 5 aliphatic rings. The first-order chi connectivity index (χ1) is 18.9. The van der Waals surface area contributed by atoms with E-state index in [0.29, 0.717) is 43.0 Å². The summed E-state index contributed by atoms with van der Waals surface area (Å²) >= 11 is 3.31. The number of cyclic esters (lactones) is 1. The molecule has 0 saturated heterocycles. The maximum atomic E-state index is 12.9. The maximum Gasteiger partial charge on any atom is 0.331 e. The number of phenolic OH excluding ortho intramolecular Hbond substituents is 1. The van der Waals surface area contributed by atoms with Crippen molar-refractivity contribution < 1.29 is 34.8 Å². The summed E-state index contributed by atoms with van der Waals surface area (Å²) in [5.41, 5.74) is 0.0831. The predicted octanol–water partition coefficient (Wildman–Crippen LogP) is 3.58. The summed E-state index contributed by atoms with van der Waals surface area (Å²) in [6.07, 6.45) is 7.68. The Balaban J connectivity index is 1.32. The van der Waals surface area contributed by atoms with Crippen LogP contribution in [0.25, 0.3) is 0 Å². The van der Waals surface area contributed by atoms with Gasteiger partial charge in [-0.2, -0.15) is 5.10 Å². The third kappa shape index (κ3) is 4.01. The molecule has 0 aromatic heterocycles. The highest BCUT2D eigenvalue weighted by molar-refractivity contribution is 9.10. The molecule has 0 bridgehead atoms. The largest absolute Gasteiger partial charge is 0.507 e. The first kappa shape index (κ1) is 27.9. The van der Waals surface area contributed by atoms with Gasteiger partial charge in [-0.15, -0.1) is 0 Å². The summed E-state index contributed by atoms with van der Waals surface area (Å²) < 4.78 is 5.86. The van der Waals surface area contributed by atoms with Gasteiger partial charge >= 0.3 is 5.97 Å². The number of nitrogens with one attached hydrogen (secondary N) is 1. The molecule has 9 nitrogen and oxygen atoms in total. The van der Waals surface area contributed by atoms with Crippen LogP contribution >= 0.6 is 15.9 Å². The van der Waals surface area contributed by atoms with Crippen molar-refractivity contribution in [2.24, 2.45) is 33.7 Å². The Kier molecular flexibility index (Phi) is 6.72. The van der Waals surface area contributed by atoms with Gasteiger partial charge in [0.2, 0.25) is 0 Å². The standard InChI is InChI=1S/C30H37BrN2O7/c1-27-8-5-22-23(30(27,39)11-7-21(27)17-12-25(36)40-15-17)6-10-29(38)14-19(34)4-9-28(22,29)16-32-33-26(37)20-13-18(31)2-3-24(20)35/h2-3,12-13,16,19,21-23,34-35,38-39H,4-11,14-15H2,1H3,(H,33,37)/b32-16-/t19-,21-,22+,23-,27-,28+,29-,30-/m1/s1. The van der Waals surface area contributed by atoms with E-state index in [0.717, 1.165) is 18.4 Å².